The van der Waals surface area contributed by atoms with Crippen LogP contribution in [0.3, 0.4) is 0 Å². The summed E-state index contributed by atoms with van der Waals surface area (Å²) >= 11 is 0. The van der Waals surface area contributed by atoms with E-state index in [1.54, 1.807) is 0 Å². The van der Waals surface area contributed by atoms with E-state index in [2.05, 4.69) is 0 Å². The van der Waals surface area contributed by atoms with Crippen molar-refractivity contribution in [2.24, 2.45) is 0 Å². The van der Waals surface area contributed by atoms with Crippen molar-refractivity contribution in [3.8, 4) is 0 Å². The number of ether oxygens (including phenoxy) is 2. The molecule has 0 bridgehead atoms. The topological polar surface area (TPSA) is 139 Å². The minimum absolute atomic E-state index is 0.767. The fourth-order valence-electron chi connectivity index (χ4n) is 1.50. The minimum atomic E-state index is -1.55. The van der Waals surface area contributed by atoms with Gasteiger partial charge in [-0.05, 0) is 0 Å². The summed E-state index contributed by atoms with van der Waals surface area (Å²) in [5, 5.41) is 21.6. The Hall–Kier alpha value is -2.26. The van der Waals surface area contributed by atoms with Gasteiger partial charge in [0.2, 0.25) is 12.2 Å². The molecule has 10 heteroatoms. The Labute approximate surface area is 114 Å². The molecule has 0 saturated carbocycles. The maximum Gasteiger partial charge on any atom is 0.303 e. The zero-order valence-corrected chi connectivity index (χ0v) is 11.5. The number of esters is 2. The van der Waals surface area contributed by atoms with Gasteiger partial charge in [0.25, 0.3) is 12.1 Å². The Kier molecular flexibility index (Phi) is 6.53. The Morgan fingerprint density at radius 1 is 0.850 bits per heavy atom. The lowest BCUT2D eigenvalue weighted by Gasteiger charge is -2.26. The van der Waals surface area contributed by atoms with Crippen LogP contribution in [0.15, 0.2) is 0 Å². The van der Waals surface area contributed by atoms with Crippen LogP contribution in [0.25, 0.3) is 0 Å². The standard InChI is InChI=1S/C10H16N2O8/c1-5(11(15)16)9(19-7(3)13)10(20-8(4)14)6(2)12(17)18/h5-6,9-10H,1-4H3/t5-,6+,9+,10-. The van der Waals surface area contributed by atoms with Gasteiger partial charge in [0.05, 0.1) is 0 Å². The number of carbonyl (C=O) groups excluding carboxylic acids is 2. The summed E-state index contributed by atoms with van der Waals surface area (Å²) in [7, 11) is 0. The van der Waals surface area contributed by atoms with Crippen molar-refractivity contribution in [2.45, 2.75) is 52.0 Å². The van der Waals surface area contributed by atoms with E-state index in [1.807, 2.05) is 0 Å². The largest absolute Gasteiger partial charge is 0.451 e. The molecule has 20 heavy (non-hydrogen) atoms. The molecule has 4 atom stereocenters. The van der Waals surface area contributed by atoms with E-state index in [1.165, 1.54) is 0 Å². The SMILES string of the molecule is CC(=O)O[C@H]([C@H](OC(C)=O)[C@H](C)[N+](=O)[O-])[C@@H](C)[N+](=O)[O-]. The van der Waals surface area contributed by atoms with Gasteiger partial charge in [0, 0.05) is 37.5 Å². The molecule has 0 amide bonds. The highest BCUT2D eigenvalue weighted by molar-refractivity contribution is 5.67. The van der Waals surface area contributed by atoms with Crippen molar-refractivity contribution < 1.29 is 28.9 Å². The van der Waals surface area contributed by atoms with Crippen LogP contribution in [0.1, 0.15) is 27.7 Å². The summed E-state index contributed by atoms with van der Waals surface area (Å²) in [6.07, 6.45) is -3.10. The predicted octanol–water partition coefficient (Wildman–Crippen LogP) is 0.180. The predicted molar refractivity (Wildman–Crippen MR) is 64.0 cm³/mol. The van der Waals surface area contributed by atoms with E-state index in [9.17, 15) is 29.8 Å². The fraction of sp³-hybridized carbons (Fsp3) is 0.800. The van der Waals surface area contributed by atoms with Gasteiger partial charge in [-0.1, -0.05) is 0 Å². The van der Waals surface area contributed by atoms with Gasteiger partial charge in [0.1, 0.15) is 0 Å². The lowest BCUT2D eigenvalue weighted by atomic mass is 10.0. The fourth-order valence-corrected chi connectivity index (χ4v) is 1.50. The highest BCUT2D eigenvalue weighted by atomic mass is 16.7. The molecular formula is C10H16N2O8. The van der Waals surface area contributed by atoms with E-state index >= 15 is 0 Å². The normalized spacial score (nSPS) is 16.4. The summed E-state index contributed by atoms with van der Waals surface area (Å²) in [6, 6.07) is -2.93. The van der Waals surface area contributed by atoms with E-state index in [0.29, 0.717) is 0 Å². The molecule has 0 unspecified atom stereocenters. The van der Waals surface area contributed by atoms with Crippen molar-refractivity contribution in [1.82, 2.24) is 0 Å². The molecule has 0 aliphatic carbocycles. The Bertz CT molecular complexity index is 372. The van der Waals surface area contributed by atoms with Crippen LogP contribution in [-0.4, -0.2) is 46.1 Å². The van der Waals surface area contributed by atoms with Crippen molar-refractivity contribution in [2.75, 3.05) is 0 Å². The zero-order valence-electron chi connectivity index (χ0n) is 11.5. The Balaban J connectivity index is 5.47. The lowest BCUT2D eigenvalue weighted by Crippen LogP contribution is -2.51. The summed E-state index contributed by atoms with van der Waals surface area (Å²) in [4.78, 5) is 42.1. The highest BCUT2D eigenvalue weighted by Gasteiger charge is 2.46. The third-order valence-electron chi connectivity index (χ3n) is 2.54. The molecule has 10 nitrogen and oxygen atoms in total. The van der Waals surface area contributed by atoms with Crippen LogP contribution in [-0.2, 0) is 19.1 Å². The molecule has 0 N–H and O–H groups in total. The molecule has 0 aromatic heterocycles. The average molecular weight is 292 g/mol. The zero-order chi connectivity index (χ0) is 16.0. The number of hydrogen-bond donors (Lipinski definition) is 0. The smallest absolute Gasteiger partial charge is 0.303 e. The molecule has 0 rings (SSSR count). The first-order chi connectivity index (χ1) is 9.07. The second kappa shape index (κ2) is 7.36. The number of nitro groups is 2. The Morgan fingerprint density at radius 3 is 1.25 bits per heavy atom. The lowest BCUT2D eigenvalue weighted by molar-refractivity contribution is -0.552. The van der Waals surface area contributed by atoms with Gasteiger partial charge >= 0.3 is 11.9 Å². The van der Waals surface area contributed by atoms with Crippen LogP contribution in [0, 0.1) is 20.2 Å². The van der Waals surface area contributed by atoms with Crippen molar-refractivity contribution in [3.05, 3.63) is 20.2 Å². The number of carbonyl (C=O) groups is 2. The molecule has 114 valence electrons. The number of rotatable bonds is 7. The third kappa shape index (κ3) is 5.16. The van der Waals surface area contributed by atoms with Crippen molar-refractivity contribution >= 4 is 11.9 Å². The maximum atomic E-state index is 11.0. The van der Waals surface area contributed by atoms with Gasteiger partial charge in [-0.15, -0.1) is 0 Å². The first kappa shape index (κ1) is 17.7. The van der Waals surface area contributed by atoms with Gasteiger partial charge < -0.3 is 9.47 Å². The molecular weight excluding hydrogens is 276 g/mol. The first-order valence-corrected chi connectivity index (χ1v) is 5.69. The van der Waals surface area contributed by atoms with Crippen molar-refractivity contribution in [1.29, 1.82) is 0 Å². The second-order valence-electron chi connectivity index (χ2n) is 4.20. The third-order valence-corrected chi connectivity index (χ3v) is 2.54. The molecule has 0 aliphatic heterocycles. The van der Waals surface area contributed by atoms with Gasteiger partial charge in [-0.3, -0.25) is 29.8 Å². The van der Waals surface area contributed by atoms with Gasteiger partial charge in [0.15, 0.2) is 0 Å². The molecule has 0 aromatic carbocycles. The summed E-state index contributed by atoms with van der Waals surface area (Å²) in [6.45, 7) is 4.22. The molecule has 0 radical (unpaired) electrons. The summed E-state index contributed by atoms with van der Waals surface area (Å²) in [5.41, 5.74) is 0. The molecule has 0 saturated heterocycles. The molecule has 0 spiro atoms. The van der Waals surface area contributed by atoms with Crippen LogP contribution in [0.5, 0.6) is 0 Å². The maximum absolute atomic E-state index is 11.0. The number of nitrogens with zero attached hydrogens (tertiary/aromatic N) is 2. The number of hydrogen-bond acceptors (Lipinski definition) is 8. The second-order valence-corrected chi connectivity index (χ2v) is 4.20. The molecule has 0 heterocycles. The summed E-state index contributed by atoms with van der Waals surface area (Å²) in [5.74, 6) is -1.73. The highest BCUT2D eigenvalue weighted by Crippen LogP contribution is 2.17. The van der Waals surface area contributed by atoms with E-state index < -0.39 is 46.1 Å². The van der Waals surface area contributed by atoms with E-state index in [0.717, 1.165) is 27.7 Å². The van der Waals surface area contributed by atoms with Crippen molar-refractivity contribution in [3.63, 3.8) is 0 Å². The summed E-state index contributed by atoms with van der Waals surface area (Å²) < 4.78 is 9.49. The first-order valence-electron chi connectivity index (χ1n) is 5.69. The van der Waals surface area contributed by atoms with E-state index in [4.69, 9.17) is 9.47 Å². The Morgan fingerprint density at radius 2 is 1.10 bits per heavy atom. The van der Waals surface area contributed by atoms with Crippen LogP contribution in [0.4, 0.5) is 0 Å². The molecule has 0 aromatic rings. The molecule has 0 aliphatic rings. The van der Waals surface area contributed by atoms with E-state index in [-0.39, 0.29) is 0 Å². The van der Waals surface area contributed by atoms with Crippen LogP contribution >= 0.6 is 0 Å². The quantitative estimate of drug-likeness (QED) is 0.368. The van der Waals surface area contributed by atoms with Gasteiger partial charge in [-0.2, -0.15) is 0 Å². The average Bonchev–Trinajstić information content (AvgIpc) is 2.30. The molecule has 0 fully saturated rings. The monoisotopic (exact) mass is 292 g/mol. The van der Waals surface area contributed by atoms with Crippen LogP contribution < -0.4 is 0 Å². The minimum Gasteiger partial charge on any atom is -0.451 e. The van der Waals surface area contributed by atoms with Crippen LogP contribution in [0.2, 0.25) is 0 Å². The van der Waals surface area contributed by atoms with Gasteiger partial charge in [-0.25, -0.2) is 0 Å².